The van der Waals surface area contributed by atoms with Crippen LogP contribution in [0.15, 0.2) is 30.5 Å². The number of carbonyl (C=O) groups excluding carboxylic acids is 3. The summed E-state index contributed by atoms with van der Waals surface area (Å²) < 4.78 is 27.9. The zero-order chi connectivity index (χ0) is 20.3. The molecule has 2 aliphatic heterocycles. The number of hydrogen-bond donors (Lipinski definition) is 1. The molecule has 0 radical (unpaired) electrons. The van der Waals surface area contributed by atoms with Crippen LogP contribution in [0.5, 0.6) is 0 Å². The van der Waals surface area contributed by atoms with Gasteiger partial charge in [-0.2, -0.15) is 0 Å². The van der Waals surface area contributed by atoms with Crippen molar-refractivity contribution in [1.29, 1.82) is 0 Å². The largest absolute Gasteiger partial charge is 0.456 e. The maximum atomic E-state index is 12.3. The maximum Gasteiger partial charge on any atom is 0.308 e. The highest BCUT2D eigenvalue weighted by Crippen LogP contribution is 2.33. The van der Waals surface area contributed by atoms with E-state index in [0.29, 0.717) is 6.42 Å². The third-order valence-electron chi connectivity index (χ3n) is 4.79. The summed E-state index contributed by atoms with van der Waals surface area (Å²) in [6, 6.07) is 6.49. The number of carbonyl (C=O) groups is 3. The molecular weight excluding hydrogens is 384 g/mol. The molecule has 2 atom stereocenters. The zero-order valence-corrected chi connectivity index (χ0v) is 16.3. The van der Waals surface area contributed by atoms with Crippen LogP contribution in [-0.2, 0) is 29.0 Å². The Morgan fingerprint density at radius 1 is 1.25 bits per heavy atom. The second-order valence-corrected chi connectivity index (χ2v) is 9.15. The van der Waals surface area contributed by atoms with Crippen LogP contribution < -0.4 is 5.32 Å². The lowest BCUT2D eigenvalue weighted by Crippen LogP contribution is -2.38. The van der Waals surface area contributed by atoms with Crippen LogP contribution in [0.2, 0.25) is 0 Å². The third kappa shape index (κ3) is 4.78. The van der Waals surface area contributed by atoms with Gasteiger partial charge < -0.3 is 15.0 Å². The lowest BCUT2D eigenvalue weighted by atomic mass is 9.94. The second-order valence-electron chi connectivity index (χ2n) is 6.92. The number of benzene rings is 1. The summed E-state index contributed by atoms with van der Waals surface area (Å²) in [5.41, 5.74) is 1.75. The van der Waals surface area contributed by atoms with Gasteiger partial charge in [0.2, 0.25) is 5.91 Å². The highest BCUT2D eigenvalue weighted by molar-refractivity contribution is 7.91. The Morgan fingerprint density at radius 3 is 2.68 bits per heavy atom. The predicted octanol–water partition coefficient (Wildman–Crippen LogP) is 0.797. The van der Waals surface area contributed by atoms with Gasteiger partial charge in [-0.15, -0.1) is 0 Å². The molecule has 1 saturated heterocycles. The fourth-order valence-electron chi connectivity index (χ4n) is 3.45. The van der Waals surface area contributed by atoms with Crippen LogP contribution in [0, 0.1) is 0 Å². The lowest BCUT2D eigenvalue weighted by molar-refractivity contribution is -0.150. The molecule has 0 saturated carbocycles. The molecule has 2 heterocycles. The van der Waals surface area contributed by atoms with Crippen molar-refractivity contribution < 1.29 is 27.5 Å². The molecule has 1 aromatic carbocycles. The zero-order valence-electron chi connectivity index (χ0n) is 15.5. The van der Waals surface area contributed by atoms with Crippen molar-refractivity contribution in [3.8, 4) is 0 Å². The van der Waals surface area contributed by atoms with Crippen LogP contribution in [0.25, 0.3) is 6.08 Å². The van der Waals surface area contributed by atoms with Crippen molar-refractivity contribution in [3.63, 3.8) is 0 Å². The number of amides is 2. The summed E-state index contributed by atoms with van der Waals surface area (Å²) in [7, 11) is -3.10. The van der Waals surface area contributed by atoms with Gasteiger partial charge in [0.05, 0.1) is 24.0 Å². The van der Waals surface area contributed by atoms with Crippen molar-refractivity contribution in [2.45, 2.75) is 31.8 Å². The normalized spacial score (nSPS) is 22.4. The average molecular weight is 406 g/mol. The molecule has 8 nitrogen and oxygen atoms in total. The van der Waals surface area contributed by atoms with Crippen molar-refractivity contribution in [3.05, 3.63) is 41.6 Å². The van der Waals surface area contributed by atoms with E-state index in [0.717, 1.165) is 11.1 Å². The van der Waals surface area contributed by atoms with Crippen molar-refractivity contribution in [2.24, 2.45) is 0 Å². The molecule has 0 aliphatic carbocycles. The minimum Gasteiger partial charge on any atom is -0.456 e. The van der Waals surface area contributed by atoms with Crippen LogP contribution in [-0.4, -0.2) is 55.3 Å². The molecule has 1 fully saturated rings. The van der Waals surface area contributed by atoms with E-state index < -0.39 is 40.4 Å². The first-order valence-corrected chi connectivity index (χ1v) is 10.8. The van der Waals surface area contributed by atoms with Gasteiger partial charge in [-0.3, -0.25) is 14.4 Å². The maximum absolute atomic E-state index is 12.3. The van der Waals surface area contributed by atoms with E-state index in [4.69, 9.17) is 4.74 Å². The van der Waals surface area contributed by atoms with Crippen LogP contribution in [0.3, 0.4) is 0 Å². The summed E-state index contributed by atoms with van der Waals surface area (Å²) in [6.45, 7) is 0.930. The first-order chi connectivity index (χ1) is 13.2. The Hall–Kier alpha value is -2.68. The van der Waals surface area contributed by atoms with E-state index in [-0.39, 0.29) is 23.8 Å². The summed E-state index contributed by atoms with van der Waals surface area (Å²) in [5, 5.41) is 2.57. The molecular formula is C19H22N2O6S. The Labute approximate surface area is 163 Å². The Balaban J connectivity index is 1.57. The smallest absolute Gasteiger partial charge is 0.308 e. The minimum atomic E-state index is -3.10. The van der Waals surface area contributed by atoms with E-state index in [2.05, 4.69) is 5.32 Å². The van der Waals surface area contributed by atoms with Crippen molar-refractivity contribution >= 4 is 33.7 Å². The van der Waals surface area contributed by atoms with E-state index in [9.17, 15) is 22.8 Å². The van der Waals surface area contributed by atoms with Crippen LogP contribution in [0.1, 0.15) is 36.9 Å². The van der Waals surface area contributed by atoms with Crippen LogP contribution in [0.4, 0.5) is 0 Å². The SMILES string of the molecule is CC(=O)N1C=Cc2ccccc2[C@H]1CC(=O)OCC(=O)N[C@@H]1CCS(=O)(=O)C1. The van der Waals surface area contributed by atoms with E-state index in [1.165, 1.54) is 11.8 Å². The molecule has 0 aromatic heterocycles. The van der Waals surface area contributed by atoms with Gasteiger partial charge in [0.1, 0.15) is 0 Å². The average Bonchev–Trinajstić information content (AvgIpc) is 2.98. The van der Waals surface area contributed by atoms with E-state index in [1.807, 2.05) is 30.3 Å². The molecule has 150 valence electrons. The summed E-state index contributed by atoms with van der Waals surface area (Å²) in [5.74, 6) is -1.40. The third-order valence-corrected chi connectivity index (χ3v) is 6.56. The lowest BCUT2D eigenvalue weighted by Gasteiger charge is -2.32. The van der Waals surface area contributed by atoms with Gasteiger partial charge in [0.25, 0.3) is 5.91 Å². The van der Waals surface area contributed by atoms with Gasteiger partial charge in [-0.25, -0.2) is 8.42 Å². The predicted molar refractivity (Wildman–Crippen MR) is 102 cm³/mol. The van der Waals surface area contributed by atoms with Crippen molar-refractivity contribution in [1.82, 2.24) is 10.2 Å². The molecule has 28 heavy (non-hydrogen) atoms. The first-order valence-electron chi connectivity index (χ1n) is 8.96. The Morgan fingerprint density at radius 2 is 2.00 bits per heavy atom. The second kappa shape index (κ2) is 8.14. The molecule has 0 unspecified atom stereocenters. The first kappa shape index (κ1) is 20.1. The van der Waals surface area contributed by atoms with Gasteiger partial charge >= 0.3 is 5.97 Å². The molecule has 0 bridgehead atoms. The molecule has 2 amide bonds. The monoisotopic (exact) mass is 406 g/mol. The van der Waals surface area contributed by atoms with Crippen molar-refractivity contribution in [2.75, 3.05) is 18.1 Å². The Bertz CT molecular complexity index is 924. The van der Waals surface area contributed by atoms with Gasteiger partial charge in [0, 0.05) is 19.2 Å². The highest BCUT2D eigenvalue weighted by Gasteiger charge is 2.30. The number of nitrogens with zero attached hydrogens (tertiary/aromatic N) is 1. The molecule has 3 rings (SSSR count). The number of nitrogens with one attached hydrogen (secondary N) is 1. The minimum absolute atomic E-state index is 0.0488. The standard InChI is InChI=1S/C19H22N2O6S/c1-13(22)21-8-6-14-4-2-3-5-16(14)17(21)10-19(24)27-11-18(23)20-15-7-9-28(25,26)12-15/h2-6,8,15,17H,7,9-12H2,1H3,(H,20,23)/t15-,17-/m1/s1. The van der Waals surface area contributed by atoms with Gasteiger partial charge in [-0.05, 0) is 23.6 Å². The Kier molecular flexibility index (Phi) is 5.83. The van der Waals surface area contributed by atoms with Gasteiger partial charge in [-0.1, -0.05) is 24.3 Å². The van der Waals surface area contributed by atoms with E-state index >= 15 is 0 Å². The number of hydrogen-bond acceptors (Lipinski definition) is 6. The summed E-state index contributed by atoms with van der Waals surface area (Å²) in [4.78, 5) is 37.6. The van der Waals surface area contributed by atoms with Crippen LogP contribution >= 0.6 is 0 Å². The molecule has 1 aromatic rings. The summed E-state index contributed by atoms with van der Waals surface area (Å²) in [6.07, 6.45) is 3.71. The molecule has 9 heteroatoms. The quantitative estimate of drug-likeness (QED) is 0.724. The summed E-state index contributed by atoms with van der Waals surface area (Å²) >= 11 is 0. The number of sulfone groups is 1. The topological polar surface area (TPSA) is 110 Å². The number of ether oxygens (including phenoxy) is 1. The molecule has 0 spiro atoms. The molecule has 1 N–H and O–H groups in total. The number of rotatable bonds is 5. The highest BCUT2D eigenvalue weighted by atomic mass is 32.2. The fourth-order valence-corrected chi connectivity index (χ4v) is 5.13. The van der Waals surface area contributed by atoms with E-state index in [1.54, 1.807) is 6.20 Å². The molecule has 2 aliphatic rings. The number of esters is 1. The number of fused-ring (bicyclic) bond motifs is 1. The fraction of sp³-hybridized carbons (Fsp3) is 0.421. The van der Waals surface area contributed by atoms with Gasteiger partial charge in [0.15, 0.2) is 16.4 Å².